The molecule has 0 saturated carbocycles. The molecule has 0 aliphatic heterocycles. The second kappa shape index (κ2) is 9.25. The van der Waals surface area contributed by atoms with E-state index >= 15 is 0 Å². The Morgan fingerprint density at radius 3 is 1.97 bits per heavy atom. The fourth-order valence-electron chi connectivity index (χ4n) is 2.52. The lowest BCUT2D eigenvalue weighted by atomic mass is 10.1. The molecule has 0 aliphatic carbocycles. The van der Waals surface area contributed by atoms with E-state index in [0.29, 0.717) is 10.6 Å². The number of imide groups is 1. The van der Waals surface area contributed by atoms with Crippen LogP contribution in [0.1, 0.15) is 52.9 Å². The van der Waals surface area contributed by atoms with E-state index in [1.165, 1.54) is 0 Å². The molecule has 9 nitrogen and oxygen atoms in total. The van der Waals surface area contributed by atoms with Gasteiger partial charge >= 0.3 is 12.2 Å². The van der Waals surface area contributed by atoms with Crippen LogP contribution in [0.3, 0.4) is 0 Å². The smallest absolute Gasteiger partial charge is 0.425 e. The van der Waals surface area contributed by atoms with E-state index in [9.17, 15) is 9.59 Å². The van der Waals surface area contributed by atoms with Crippen molar-refractivity contribution in [3.05, 3.63) is 47.5 Å². The molecule has 2 rings (SSSR count). The van der Waals surface area contributed by atoms with Gasteiger partial charge < -0.3 is 19.7 Å². The third-order valence-corrected chi connectivity index (χ3v) is 3.88. The van der Waals surface area contributed by atoms with Crippen LogP contribution in [-0.4, -0.2) is 40.2 Å². The van der Waals surface area contributed by atoms with E-state index in [4.69, 9.17) is 19.7 Å². The van der Waals surface area contributed by atoms with Crippen LogP contribution in [0.2, 0.25) is 0 Å². The Hall–Kier alpha value is -3.62. The van der Waals surface area contributed by atoms with Gasteiger partial charge in [0, 0.05) is 11.6 Å². The molecule has 172 valence electrons. The maximum absolute atomic E-state index is 12.8. The van der Waals surface area contributed by atoms with Gasteiger partial charge in [-0.3, -0.25) is 4.99 Å². The fraction of sp³-hybridized carbons (Fsp3) is 0.391. The number of hydrogen-bond donors (Lipinski definition) is 1. The van der Waals surface area contributed by atoms with E-state index in [2.05, 4.69) is 16.9 Å². The van der Waals surface area contributed by atoms with Crippen LogP contribution < -0.4 is 5.73 Å². The Morgan fingerprint density at radius 1 is 1.03 bits per heavy atom. The Labute approximate surface area is 187 Å². The number of benzene rings is 1. The lowest BCUT2D eigenvalue weighted by Crippen LogP contribution is -2.45. The van der Waals surface area contributed by atoms with Crippen molar-refractivity contribution in [2.75, 3.05) is 0 Å². The average molecular weight is 443 g/mol. The maximum Gasteiger partial charge on any atom is 0.425 e. The minimum Gasteiger partial charge on any atom is -0.443 e. The Kier molecular flexibility index (Phi) is 7.13. The van der Waals surface area contributed by atoms with Crippen LogP contribution in [0, 0.1) is 6.92 Å². The zero-order chi connectivity index (χ0) is 24.3. The van der Waals surface area contributed by atoms with Crippen molar-refractivity contribution >= 4 is 24.6 Å². The normalized spacial score (nSPS) is 12.6. The molecule has 2 N–H and O–H groups in total. The summed E-state index contributed by atoms with van der Waals surface area (Å²) in [5.74, 6) is -0.250. The Morgan fingerprint density at radius 2 is 1.53 bits per heavy atom. The van der Waals surface area contributed by atoms with Gasteiger partial charge in [0.25, 0.3) is 0 Å². The molecule has 0 spiro atoms. The third kappa shape index (κ3) is 6.44. The van der Waals surface area contributed by atoms with Crippen molar-refractivity contribution in [1.82, 2.24) is 10.1 Å². The number of aryl methyl sites for hydroxylation is 1. The van der Waals surface area contributed by atoms with Crippen molar-refractivity contribution in [3.63, 3.8) is 0 Å². The Balaban J connectivity index is 2.51. The SMILES string of the molecule is C=N/C(=C(\N)N(C(=O)OC(C)(C)C)C(=O)OC(C)(C)C)c1cc(-c2ccc(C)cc2)no1. The number of aromatic nitrogens is 1. The molecule has 2 amide bonds. The summed E-state index contributed by atoms with van der Waals surface area (Å²) in [7, 11) is 0. The molecule has 1 aromatic heterocycles. The number of aliphatic imine (C=N–C) groups is 1. The zero-order valence-electron chi connectivity index (χ0n) is 19.6. The highest BCUT2D eigenvalue weighted by molar-refractivity contribution is 5.92. The predicted molar refractivity (Wildman–Crippen MR) is 122 cm³/mol. The highest BCUT2D eigenvalue weighted by Crippen LogP contribution is 2.27. The molecule has 0 unspecified atom stereocenters. The van der Waals surface area contributed by atoms with Gasteiger partial charge in [0.15, 0.2) is 5.76 Å². The number of carbonyl (C=O) groups is 2. The lowest BCUT2D eigenvalue weighted by molar-refractivity contribution is 0.00814. The average Bonchev–Trinajstić information content (AvgIpc) is 3.09. The number of rotatable bonds is 4. The summed E-state index contributed by atoms with van der Waals surface area (Å²) in [5, 5.41) is 4.03. The van der Waals surface area contributed by atoms with Crippen molar-refractivity contribution in [3.8, 4) is 11.3 Å². The lowest BCUT2D eigenvalue weighted by Gasteiger charge is -2.28. The molecule has 0 fully saturated rings. The first kappa shape index (κ1) is 24.6. The molecule has 0 aliphatic rings. The molecule has 0 radical (unpaired) electrons. The van der Waals surface area contributed by atoms with Gasteiger partial charge in [0.1, 0.15) is 28.4 Å². The van der Waals surface area contributed by atoms with Crippen LogP contribution in [-0.2, 0) is 9.47 Å². The van der Waals surface area contributed by atoms with Gasteiger partial charge in [-0.2, -0.15) is 4.90 Å². The predicted octanol–water partition coefficient (Wildman–Crippen LogP) is 5.11. The zero-order valence-corrected chi connectivity index (χ0v) is 19.6. The number of nitrogens with two attached hydrogens (primary N) is 1. The molecular weight excluding hydrogens is 412 g/mol. The quantitative estimate of drug-likeness (QED) is 0.653. The first-order valence-corrected chi connectivity index (χ1v) is 9.98. The van der Waals surface area contributed by atoms with Crippen LogP contribution in [0.15, 0.2) is 45.7 Å². The van der Waals surface area contributed by atoms with Crippen molar-refractivity contribution in [2.24, 2.45) is 10.7 Å². The molecule has 0 saturated heterocycles. The molecule has 32 heavy (non-hydrogen) atoms. The van der Waals surface area contributed by atoms with Gasteiger partial charge in [0.05, 0.1) is 0 Å². The summed E-state index contributed by atoms with van der Waals surface area (Å²) >= 11 is 0. The maximum atomic E-state index is 12.8. The minimum absolute atomic E-state index is 0.0624. The largest absolute Gasteiger partial charge is 0.443 e. The summed E-state index contributed by atoms with van der Waals surface area (Å²) < 4.78 is 16.1. The monoisotopic (exact) mass is 442 g/mol. The van der Waals surface area contributed by atoms with Gasteiger partial charge in [0.2, 0.25) is 0 Å². The van der Waals surface area contributed by atoms with E-state index in [1.807, 2.05) is 31.2 Å². The molecule has 0 bridgehead atoms. The first-order valence-electron chi connectivity index (χ1n) is 9.98. The summed E-state index contributed by atoms with van der Waals surface area (Å²) in [5.41, 5.74) is 6.79. The van der Waals surface area contributed by atoms with Crippen LogP contribution >= 0.6 is 0 Å². The second-order valence-electron chi connectivity index (χ2n) is 9.13. The summed E-state index contributed by atoms with van der Waals surface area (Å²) in [6, 6.07) is 9.24. The van der Waals surface area contributed by atoms with E-state index in [0.717, 1.165) is 11.1 Å². The highest BCUT2D eigenvalue weighted by Gasteiger charge is 2.35. The minimum atomic E-state index is -1.02. The van der Waals surface area contributed by atoms with Crippen LogP contribution in [0.4, 0.5) is 9.59 Å². The molecule has 1 heterocycles. The molecule has 1 aromatic carbocycles. The fourth-order valence-corrected chi connectivity index (χ4v) is 2.52. The van der Waals surface area contributed by atoms with E-state index in [-0.39, 0.29) is 17.3 Å². The van der Waals surface area contributed by atoms with Gasteiger partial charge in [-0.25, -0.2) is 9.59 Å². The number of carbonyl (C=O) groups excluding carboxylic acids is 2. The Bertz CT molecular complexity index is 996. The molecule has 0 atom stereocenters. The second-order valence-corrected chi connectivity index (χ2v) is 9.13. The molecule has 9 heteroatoms. The molecule has 2 aromatic rings. The van der Waals surface area contributed by atoms with Crippen LogP contribution in [0.5, 0.6) is 0 Å². The summed E-state index contributed by atoms with van der Waals surface area (Å²) in [4.78, 5) is 30.1. The first-order chi connectivity index (χ1) is 14.7. The van der Waals surface area contributed by atoms with Crippen molar-refractivity contribution in [2.45, 2.75) is 59.7 Å². The summed E-state index contributed by atoms with van der Waals surface area (Å²) in [6.45, 7) is 15.4. The number of hydrogen-bond acceptors (Lipinski definition) is 8. The van der Waals surface area contributed by atoms with Crippen molar-refractivity contribution < 1.29 is 23.6 Å². The summed E-state index contributed by atoms with van der Waals surface area (Å²) in [6.07, 6.45) is -2.05. The number of amides is 2. The van der Waals surface area contributed by atoms with E-state index < -0.39 is 23.4 Å². The molecular formula is C23H30N4O5. The third-order valence-electron chi connectivity index (χ3n) is 3.88. The topological polar surface area (TPSA) is 120 Å². The standard InChI is InChI=1S/C23H30N4O5/c1-14-9-11-15(12-10-14)16-13-17(32-26-16)18(25-8)19(24)27(20(28)30-22(2,3)4)21(29)31-23(5,6)7/h9-13H,8,24H2,1-7H3/b19-18+. The van der Waals surface area contributed by atoms with Crippen molar-refractivity contribution in [1.29, 1.82) is 0 Å². The highest BCUT2D eigenvalue weighted by atomic mass is 16.6. The number of ether oxygens (including phenoxy) is 2. The van der Waals surface area contributed by atoms with Gasteiger partial charge in [-0.1, -0.05) is 35.0 Å². The van der Waals surface area contributed by atoms with Crippen LogP contribution in [0.25, 0.3) is 17.0 Å². The van der Waals surface area contributed by atoms with Gasteiger partial charge in [-0.05, 0) is 55.2 Å². The number of nitrogens with zero attached hydrogens (tertiary/aromatic N) is 3. The van der Waals surface area contributed by atoms with Gasteiger partial charge in [-0.15, -0.1) is 0 Å². The van der Waals surface area contributed by atoms with E-state index in [1.54, 1.807) is 47.6 Å².